The van der Waals surface area contributed by atoms with Crippen LogP contribution in [0.15, 0.2) is 48.8 Å². The van der Waals surface area contributed by atoms with E-state index in [-0.39, 0.29) is 5.54 Å². The topological polar surface area (TPSA) is 55.6 Å². The van der Waals surface area contributed by atoms with Crippen LogP contribution in [-0.2, 0) is 12.1 Å². The van der Waals surface area contributed by atoms with E-state index in [1.54, 1.807) is 0 Å². The summed E-state index contributed by atoms with van der Waals surface area (Å²) < 4.78 is 1.99. The molecule has 2 heterocycles. The van der Waals surface area contributed by atoms with Gasteiger partial charge in [0.05, 0.1) is 16.9 Å². The molecule has 0 radical (unpaired) electrons. The normalized spacial score (nSPS) is 15.1. The van der Waals surface area contributed by atoms with Crippen molar-refractivity contribution in [2.75, 3.05) is 5.32 Å². The molecule has 1 N–H and O–H groups in total. The van der Waals surface area contributed by atoms with Crippen LogP contribution in [-0.4, -0.2) is 19.7 Å². The lowest BCUT2D eigenvalue weighted by molar-refractivity contribution is 0.598. The van der Waals surface area contributed by atoms with Crippen LogP contribution >= 0.6 is 0 Å². The monoisotopic (exact) mass is 333 g/mol. The number of benzene rings is 1. The Kier molecular flexibility index (Phi) is 3.99. The minimum absolute atomic E-state index is 0.0126. The highest BCUT2D eigenvalue weighted by molar-refractivity contribution is 5.62. The summed E-state index contributed by atoms with van der Waals surface area (Å²) in [6, 6.07) is 12.5. The summed E-state index contributed by atoms with van der Waals surface area (Å²) in [6.45, 7) is 5.11. The van der Waals surface area contributed by atoms with Crippen LogP contribution < -0.4 is 5.32 Å². The van der Waals surface area contributed by atoms with Crippen LogP contribution in [0.3, 0.4) is 0 Å². The average molecular weight is 333 g/mol. The van der Waals surface area contributed by atoms with Gasteiger partial charge in [-0.3, -0.25) is 4.68 Å². The maximum atomic E-state index is 4.75. The molecule has 0 amide bonds. The molecule has 1 aliphatic carbocycles. The zero-order chi connectivity index (χ0) is 17.3. The Morgan fingerprint density at radius 1 is 1.16 bits per heavy atom. The molecule has 4 rings (SSSR count). The quantitative estimate of drug-likeness (QED) is 0.736. The number of aryl methyl sites for hydroxylation is 2. The van der Waals surface area contributed by atoms with Gasteiger partial charge in [0, 0.05) is 24.5 Å². The summed E-state index contributed by atoms with van der Waals surface area (Å²) in [4.78, 5) is 9.19. The summed E-state index contributed by atoms with van der Waals surface area (Å²) in [5, 5.41) is 8.13. The smallest absolute Gasteiger partial charge is 0.223 e. The zero-order valence-corrected chi connectivity index (χ0v) is 14.7. The molecule has 0 bridgehead atoms. The highest BCUT2D eigenvalue weighted by Crippen LogP contribution is 2.47. The van der Waals surface area contributed by atoms with E-state index in [0.29, 0.717) is 5.95 Å². The summed E-state index contributed by atoms with van der Waals surface area (Å²) in [5.41, 5.74) is 4.28. The van der Waals surface area contributed by atoms with E-state index in [1.165, 1.54) is 5.56 Å². The summed E-state index contributed by atoms with van der Waals surface area (Å²) >= 11 is 0. The van der Waals surface area contributed by atoms with Gasteiger partial charge in [0.2, 0.25) is 5.95 Å². The van der Waals surface area contributed by atoms with E-state index in [1.807, 2.05) is 29.9 Å². The van der Waals surface area contributed by atoms with Crippen LogP contribution in [0.5, 0.6) is 0 Å². The van der Waals surface area contributed by atoms with Crippen molar-refractivity contribution in [3.05, 3.63) is 60.0 Å². The van der Waals surface area contributed by atoms with Crippen molar-refractivity contribution in [2.45, 2.75) is 45.2 Å². The molecular weight excluding hydrogens is 310 g/mol. The standard InChI is InChI=1S/C20H23N5/c1-3-13-25-14-17(15(2)24-25)18-9-12-21-19(22-18)23-20(10-11-20)16-7-5-4-6-8-16/h4-9,12,14H,3,10-11,13H2,1-2H3,(H,21,22,23). The van der Waals surface area contributed by atoms with Crippen molar-refractivity contribution in [3.63, 3.8) is 0 Å². The molecular formula is C20H23N5. The zero-order valence-electron chi connectivity index (χ0n) is 14.7. The van der Waals surface area contributed by atoms with Crippen LogP contribution in [0.25, 0.3) is 11.3 Å². The Labute approximate surface area is 148 Å². The van der Waals surface area contributed by atoms with E-state index in [9.17, 15) is 0 Å². The predicted octanol–water partition coefficient (Wildman–Crippen LogP) is 4.16. The number of nitrogens with zero attached hydrogens (tertiary/aromatic N) is 4. The predicted molar refractivity (Wildman–Crippen MR) is 99.3 cm³/mol. The maximum Gasteiger partial charge on any atom is 0.223 e. The largest absolute Gasteiger partial charge is 0.345 e. The Balaban J connectivity index is 1.60. The number of anilines is 1. The van der Waals surface area contributed by atoms with Gasteiger partial charge in [-0.1, -0.05) is 37.3 Å². The van der Waals surface area contributed by atoms with E-state index in [0.717, 1.165) is 42.8 Å². The average Bonchev–Trinajstić information content (AvgIpc) is 3.32. The SMILES string of the molecule is CCCn1cc(-c2ccnc(NC3(c4ccccc4)CC3)n2)c(C)n1. The van der Waals surface area contributed by atoms with Gasteiger partial charge in [-0.15, -0.1) is 0 Å². The van der Waals surface area contributed by atoms with Crippen molar-refractivity contribution in [2.24, 2.45) is 0 Å². The Bertz CT molecular complexity index is 865. The Morgan fingerprint density at radius 3 is 2.68 bits per heavy atom. The van der Waals surface area contributed by atoms with Gasteiger partial charge < -0.3 is 5.32 Å². The lowest BCUT2D eigenvalue weighted by Gasteiger charge is -2.18. The summed E-state index contributed by atoms with van der Waals surface area (Å²) in [6.07, 6.45) is 7.18. The maximum absolute atomic E-state index is 4.75. The van der Waals surface area contributed by atoms with Crippen molar-refractivity contribution in [1.82, 2.24) is 19.7 Å². The van der Waals surface area contributed by atoms with E-state index >= 15 is 0 Å². The molecule has 2 aromatic heterocycles. The molecule has 1 fully saturated rings. The molecule has 3 aromatic rings. The molecule has 5 nitrogen and oxygen atoms in total. The first kappa shape index (κ1) is 15.8. The van der Waals surface area contributed by atoms with Gasteiger partial charge >= 0.3 is 0 Å². The molecule has 0 aliphatic heterocycles. The van der Waals surface area contributed by atoms with E-state index < -0.39 is 0 Å². The fraction of sp³-hybridized carbons (Fsp3) is 0.350. The Morgan fingerprint density at radius 2 is 1.96 bits per heavy atom. The van der Waals surface area contributed by atoms with Gasteiger partial charge in [0.25, 0.3) is 0 Å². The number of nitrogens with one attached hydrogen (secondary N) is 1. The minimum atomic E-state index is -0.0126. The second-order valence-corrected chi connectivity index (χ2v) is 6.73. The second kappa shape index (κ2) is 6.31. The minimum Gasteiger partial charge on any atom is -0.345 e. The van der Waals surface area contributed by atoms with Crippen LogP contribution in [0.1, 0.15) is 37.4 Å². The molecule has 0 unspecified atom stereocenters. The molecule has 0 saturated heterocycles. The highest BCUT2D eigenvalue weighted by Gasteiger charge is 2.44. The fourth-order valence-electron chi connectivity index (χ4n) is 3.26. The lowest BCUT2D eigenvalue weighted by Crippen LogP contribution is -2.20. The van der Waals surface area contributed by atoms with Crippen LogP contribution in [0, 0.1) is 6.92 Å². The van der Waals surface area contributed by atoms with Crippen molar-refractivity contribution < 1.29 is 0 Å². The first-order chi connectivity index (χ1) is 12.2. The second-order valence-electron chi connectivity index (χ2n) is 6.73. The molecule has 25 heavy (non-hydrogen) atoms. The van der Waals surface area contributed by atoms with Gasteiger partial charge in [-0.2, -0.15) is 5.10 Å². The highest BCUT2D eigenvalue weighted by atomic mass is 15.3. The first-order valence-electron chi connectivity index (χ1n) is 8.91. The van der Waals surface area contributed by atoms with Crippen molar-refractivity contribution in [3.8, 4) is 11.3 Å². The van der Waals surface area contributed by atoms with Gasteiger partial charge in [-0.05, 0) is 37.8 Å². The van der Waals surface area contributed by atoms with E-state index in [2.05, 4.69) is 52.8 Å². The first-order valence-corrected chi connectivity index (χ1v) is 8.91. The third kappa shape index (κ3) is 3.14. The molecule has 1 saturated carbocycles. The fourth-order valence-corrected chi connectivity index (χ4v) is 3.26. The molecule has 1 aliphatic rings. The Hall–Kier alpha value is -2.69. The molecule has 5 heteroatoms. The lowest BCUT2D eigenvalue weighted by atomic mass is 10.1. The number of hydrogen-bond acceptors (Lipinski definition) is 4. The molecule has 0 spiro atoms. The third-order valence-corrected chi connectivity index (χ3v) is 4.76. The van der Waals surface area contributed by atoms with Gasteiger partial charge in [0.1, 0.15) is 0 Å². The summed E-state index contributed by atoms with van der Waals surface area (Å²) in [7, 11) is 0. The van der Waals surface area contributed by atoms with Gasteiger partial charge in [0.15, 0.2) is 0 Å². The molecule has 1 aromatic carbocycles. The molecule has 128 valence electrons. The number of aromatic nitrogens is 4. The number of hydrogen-bond donors (Lipinski definition) is 1. The van der Waals surface area contributed by atoms with Crippen molar-refractivity contribution >= 4 is 5.95 Å². The van der Waals surface area contributed by atoms with E-state index in [4.69, 9.17) is 4.98 Å². The van der Waals surface area contributed by atoms with Crippen LogP contribution in [0.2, 0.25) is 0 Å². The molecule has 0 atom stereocenters. The number of rotatable bonds is 6. The summed E-state index contributed by atoms with van der Waals surface area (Å²) in [5.74, 6) is 0.682. The van der Waals surface area contributed by atoms with Gasteiger partial charge in [-0.25, -0.2) is 9.97 Å². The van der Waals surface area contributed by atoms with Crippen LogP contribution in [0.4, 0.5) is 5.95 Å². The third-order valence-electron chi connectivity index (χ3n) is 4.76. The van der Waals surface area contributed by atoms with Crippen molar-refractivity contribution in [1.29, 1.82) is 0 Å².